The van der Waals surface area contributed by atoms with Crippen LogP contribution in [0.3, 0.4) is 0 Å². The molecule has 11 heteroatoms. The smallest absolute Gasteiger partial charge is 0.243 e. The zero-order chi connectivity index (χ0) is 34.5. The number of amides is 2. The average Bonchev–Trinajstić information content (AvgIpc) is 3.92. The molecule has 256 valence electrons. The quantitative estimate of drug-likeness (QED) is 0.266. The molecule has 9 nitrogen and oxygen atoms in total. The maximum atomic E-state index is 14.4. The number of hydrogen-bond donors (Lipinski definition) is 1. The van der Waals surface area contributed by atoms with E-state index in [2.05, 4.69) is 25.7 Å². The van der Waals surface area contributed by atoms with Crippen molar-refractivity contribution in [1.29, 1.82) is 0 Å². The van der Waals surface area contributed by atoms with Crippen LogP contribution < -0.4 is 14.8 Å². The summed E-state index contributed by atoms with van der Waals surface area (Å²) < 4.78 is 37.6. The van der Waals surface area contributed by atoms with E-state index in [9.17, 15) is 22.8 Å². The molecule has 3 aliphatic rings. The van der Waals surface area contributed by atoms with Gasteiger partial charge in [0.1, 0.15) is 34.9 Å². The van der Waals surface area contributed by atoms with Gasteiger partial charge in [-0.1, -0.05) is 52.3 Å². The number of benzene rings is 2. The maximum Gasteiger partial charge on any atom is 0.243 e. The van der Waals surface area contributed by atoms with E-state index in [-0.39, 0.29) is 48.5 Å². The van der Waals surface area contributed by atoms with Gasteiger partial charge in [-0.25, -0.2) is 8.42 Å². The summed E-state index contributed by atoms with van der Waals surface area (Å²) in [5.74, 6) is -1.08. The number of rotatable bonds is 13. The second kappa shape index (κ2) is 13.1. The van der Waals surface area contributed by atoms with Crippen LogP contribution >= 0.6 is 11.6 Å². The van der Waals surface area contributed by atoms with Gasteiger partial charge in [-0.15, -0.1) is 6.58 Å². The molecule has 3 fully saturated rings. The number of sulfone groups is 1. The number of ether oxygens (including phenoxy) is 2. The minimum absolute atomic E-state index is 0.146. The highest BCUT2D eigenvalue weighted by atomic mass is 35.5. The summed E-state index contributed by atoms with van der Waals surface area (Å²) >= 11 is 6.35. The molecule has 0 bridgehead atoms. The molecule has 2 saturated carbocycles. The molecule has 0 spiro atoms. The number of halogens is 1. The Balaban J connectivity index is 1.45. The number of Topliss-reactive ketones (excluding diaryl/α,β-unsaturated/α-hetero) is 1. The van der Waals surface area contributed by atoms with Crippen molar-refractivity contribution in [2.24, 2.45) is 23.2 Å². The third-order valence-electron chi connectivity index (χ3n) is 9.82. The summed E-state index contributed by atoms with van der Waals surface area (Å²) in [5.41, 5.74) is -1.72. The molecular formula is C36H47ClN2O7S. The molecule has 5 atom stereocenters. The molecule has 0 aromatic heterocycles. The van der Waals surface area contributed by atoms with Gasteiger partial charge in [-0.3, -0.25) is 14.4 Å². The molecule has 2 aromatic rings. The van der Waals surface area contributed by atoms with Crippen LogP contribution in [0.1, 0.15) is 66.7 Å². The van der Waals surface area contributed by atoms with Crippen molar-refractivity contribution < 1.29 is 32.3 Å². The molecule has 1 saturated heterocycles. The maximum absolute atomic E-state index is 14.4. The lowest BCUT2D eigenvalue weighted by Gasteiger charge is -2.36. The van der Waals surface area contributed by atoms with Gasteiger partial charge in [-0.2, -0.15) is 0 Å². The SMILES string of the molecule is C=C[C@@H]1C[C@]1(NC(=O)[C@@H]1C[C@@H](Oc2ccc(OC)c3ccc(Cl)cc23)CN1C(=O)C(CC(C)C)C(C)(C)C)C(=O)CS(=O)(=O)C1CC1. The van der Waals surface area contributed by atoms with Crippen LogP contribution in [0.4, 0.5) is 0 Å². The summed E-state index contributed by atoms with van der Waals surface area (Å²) in [6.45, 7) is 14.2. The normalized spacial score (nSPS) is 25.0. The first kappa shape index (κ1) is 35.2. The van der Waals surface area contributed by atoms with Crippen molar-refractivity contribution in [2.45, 2.75) is 89.7 Å². The van der Waals surface area contributed by atoms with Crippen LogP contribution in [0.2, 0.25) is 5.02 Å². The predicted molar refractivity (Wildman–Crippen MR) is 183 cm³/mol. The second-order valence-corrected chi connectivity index (χ2v) is 17.6. The topological polar surface area (TPSA) is 119 Å². The van der Waals surface area contributed by atoms with Gasteiger partial charge in [0.15, 0.2) is 15.6 Å². The zero-order valence-corrected chi connectivity index (χ0v) is 29.7. The second-order valence-electron chi connectivity index (χ2n) is 14.9. The molecule has 2 amide bonds. The summed E-state index contributed by atoms with van der Waals surface area (Å²) in [6, 6.07) is 8.10. The summed E-state index contributed by atoms with van der Waals surface area (Å²) in [6.07, 6.45) is 3.26. The van der Waals surface area contributed by atoms with Crippen molar-refractivity contribution in [3.63, 3.8) is 0 Å². The van der Waals surface area contributed by atoms with Gasteiger partial charge in [0.25, 0.3) is 0 Å². The Morgan fingerprint density at radius 1 is 1.13 bits per heavy atom. The molecule has 2 aromatic carbocycles. The number of likely N-dealkylation sites (tertiary alicyclic amines) is 1. The van der Waals surface area contributed by atoms with Gasteiger partial charge >= 0.3 is 0 Å². The highest BCUT2D eigenvalue weighted by Crippen LogP contribution is 2.47. The summed E-state index contributed by atoms with van der Waals surface area (Å²) in [4.78, 5) is 43.7. The van der Waals surface area contributed by atoms with Gasteiger partial charge in [0, 0.05) is 34.1 Å². The number of nitrogens with one attached hydrogen (secondary N) is 1. The first-order valence-corrected chi connectivity index (χ1v) is 18.5. The fraction of sp³-hybridized carbons (Fsp3) is 0.583. The molecule has 1 N–H and O–H groups in total. The van der Waals surface area contributed by atoms with E-state index in [0.717, 1.165) is 10.8 Å². The number of carbonyl (C=O) groups is 3. The lowest BCUT2D eigenvalue weighted by molar-refractivity contribution is -0.145. The van der Waals surface area contributed by atoms with Gasteiger partial charge < -0.3 is 19.7 Å². The number of hydrogen-bond acceptors (Lipinski definition) is 7. The monoisotopic (exact) mass is 686 g/mol. The largest absolute Gasteiger partial charge is 0.496 e. The van der Waals surface area contributed by atoms with E-state index in [4.69, 9.17) is 21.1 Å². The first-order valence-electron chi connectivity index (χ1n) is 16.4. The molecule has 1 heterocycles. The van der Waals surface area contributed by atoms with Crippen molar-refractivity contribution in [3.05, 3.63) is 48.0 Å². The highest BCUT2D eigenvalue weighted by Gasteiger charge is 2.61. The molecule has 47 heavy (non-hydrogen) atoms. The van der Waals surface area contributed by atoms with E-state index in [1.807, 2.05) is 26.8 Å². The third kappa shape index (κ3) is 7.33. The van der Waals surface area contributed by atoms with E-state index in [1.165, 1.54) is 0 Å². The lowest BCUT2D eigenvalue weighted by Crippen LogP contribution is -2.55. The highest BCUT2D eigenvalue weighted by molar-refractivity contribution is 7.93. The molecular weight excluding hydrogens is 640 g/mol. The van der Waals surface area contributed by atoms with Crippen LogP contribution in [0, 0.1) is 23.2 Å². The Bertz CT molecular complexity index is 1680. The molecule has 5 rings (SSSR count). The Kier molecular flexibility index (Phi) is 9.79. The van der Waals surface area contributed by atoms with Crippen molar-refractivity contribution >= 4 is 49.8 Å². The lowest BCUT2D eigenvalue weighted by atomic mass is 9.75. The van der Waals surface area contributed by atoms with Gasteiger partial charge in [-0.05, 0) is 67.3 Å². The first-order chi connectivity index (χ1) is 22.0. The molecule has 0 radical (unpaired) electrons. The number of ketones is 1. The number of fused-ring (bicyclic) bond motifs is 1. The van der Waals surface area contributed by atoms with Crippen LogP contribution in [0.15, 0.2) is 43.0 Å². The zero-order valence-electron chi connectivity index (χ0n) is 28.2. The van der Waals surface area contributed by atoms with Gasteiger partial charge in [0.05, 0.1) is 18.9 Å². The number of carbonyl (C=O) groups excluding carboxylic acids is 3. The predicted octanol–water partition coefficient (Wildman–Crippen LogP) is 5.77. The average molecular weight is 687 g/mol. The summed E-state index contributed by atoms with van der Waals surface area (Å²) in [5, 5.41) is 4.51. The standard InChI is InChI=1S/C36H47ClN2O7S/c1-8-22-18-36(22,32(40)20-47(43,44)25-10-11-25)38-33(41)29-17-24(19-39(29)34(42)28(15-21(2)3)35(4,5)6)46-31-14-13-30(45-7)26-12-9-23(37)16-27(26)31/h8-9,12-14,16,21-22,24-25,28-29H,1,10-11,15,17-20H2,2-7H3,(H,38,41)/t22-,24-,28?,29+,36-/m1/s1. The number of nitrogens with zero attached hydrogens (tertiary/aromatic N) is 1. The van der Waals surface area contributed by atoms with Gasteiger partial charge in [0.2, 0.25) is 11.8 Å². The van der Waals surface area contributed by atoms with Crippen LogP contribution in [-0.4, -0.2) is 73.3 Å². The van der Waals surface area contributed by atoms with Crippen molar-refractivity contribution in [2.75, 3.05) is 19.4 Å². The number of methoxy groups -OCH3 is 1. The van der Waals surface area contributed by atoms with E-state index in [0.29, 0.717) is 35.8 Å². The van der Waals surface area contributed by atoms with Crippen molar-refractivity contribution in [3.8, 4) is 11.5 Å². The minimum Gasteiger partial charge on any atom is -0.496 e. The Morgan fingerprint density at radius 2 is 1.81 bits per heavy atom. The van der Waals surface area contributed by atoms with E-state index in [1.54, 1.807) is 42.4 Å². The minimum atomic E-state index is -3.59. The molecule has 1 unspecified atom stereocenters. The van der Waals surface area contributed by atoms with Crippen molar-refractivity contribution in [1.82, 2.24) is 10.2 Å². The Hall–Kier alpha value is -3.11. The summed E-state index contributed by atoms with van der Waals surface area (Å²) in [7, 11) is -2.00. The van der Waals surface area contributed by atoms with Crippen LogP contribution in [0.5, 0.6) is 11.5 Å². The fourth-order valence-corrected chi connectivity index (χ4v) is 8.75. The van der Waals surface area contributed by atoms with Crippen LogP contribution in [0.25, 0.3) is 10.8 Å². The van der Waals surface area contributed by atoms with E-state index < -0.39 is 50.2 Å². The third-order valence-corrected chi connectivity index (χ3v) is 12.2. The van der Waals surface area contributed by atoms with E-state index >= 15 is 0 Å². The Morgan fingerprint density at radius 3 is 2.38 bits per heavy atom. The van der Waals surface area contributed by atoms with Crippen LogP contribution in [-0.2, 0) is 24.2 Å². The molecule has 1 aliphatic heterocycles. The Labute approximate surface area is 283 Å². The fourth-order valence-electron chi connectivity index (χ4n) is 6.86. The molecule has 2 aliphatic carbocycles.